The van der Waals surface area contributed by atoms with Crippen LogP contribution in [0.1, 0.15) is 0 Å². The van der Waals surface area contributed by atoms with Crippen molar-refractivity contribution in [3.8, 4) is 33.4 Å². The Morgan fingerprint density at radius 2 is 0.712 bits per heavy atom. The minimum Gasteiger partial charge on any atom is -0.311 e. The van der Waals surface area contributed by atoms with Crippen LogP contribution in [0.3, 0.4) is 0 Å². The standard InChI is InChI=1S/C64H46N2/c1-3-15-53-43-59(41-27-45(53)11-1)65(57-37-29-51(30-38-57)63-21-9-17-49-13-5-7-19-61(49)63)55-33-23-47(24-34-55)48-25-35-56(36-26-48)66(60-42-28-46-12-2-4-16-54(46)44-60)58-39-31-52(32-40-58)64-22-10-18-50-14-6-8-20-62(50)64/h1-45,53H. The van der Waals surface area contributed by atoms with Crippen LogP contribution in [0, 0.1) is 11.8 Å². The van der Waals surface area contributed by atoms with E-state index in [1.54, 1.807) is 0 Å². The zero-order valence-electron chi connectivity index (χ0n) is 36.5. The summed E-state index contributed by atoms with van der Waals surface area (Å²) >= 11 is 0. The average molecular weight is 843 g/mol. The van der Waals surface area contributed by atoms with Crippen molar-refractivity contribution in [1.29, 1.82) is 0 Å². The lowest BCUT2D eigenvalue weighted by Gasteiger charge is -2.31. The Morgan fingerprint density at radius 3 is 1.26 bits per heavy atom. The van der Waals surface area contributed by atoms with Gasteiger partial charge in [-0.05, 0) is 132 Å². The van der Waals surface area contributed by atoms with Gasteiger partial charge in [0.1, 0.15) is 0 Å². The fourth-order valence-corrected chi connectivity index (χ4v) is 9.96. The third-order valence-electron chi connectivity index (χ3n) is 13.4. The lowest BCUT2D eigenvalue weighted by Crippen LogP contribution is -2.21. The molecule has 2 unspecified atom stereocenters. The van der Waals surface area contributed by atoms with Crippen molar-refractivity contribution in [1.82, 2.24) is 0 Å². The molecule has 12 rings (SSSR count). The molecular formula is C64H46N2. The smallest absolute Gasteiger partial charge is 0.0468 e. The molecule has 0 radical (unpaired) electrons. The van der Waals surface area contributed by atoms with Crippen LogP contribution < -0.4 is 9.80 Å². The van der Waals surface area contributed by atoms with Gasteiger partial charge in [-0.1, -0.05) is 200 Å². The summed E-state index contributed by atoms with van der Waals surface area (Å²) < 4.78 is 0. The highest BCUT2D eigenvalue weighted by Crippen LogP contribution is 2.41. The maximum atomic E-state index is 2.41. The van der Waals surface area contributed by atoms with E-state index < -0.39 is 0 Å². The summed E-state index contributed by atoms with van der Waals surface area (Å²) in [6.07, 6.45) is 16.0. The molecule has 10 aromatic carbocycles. The van der Waals surface area contributed by atoms with Crippen LogP contribution in [-0.4, -0.2) is 0 Å². The fourth-order valence-electron chi connectivity index (χ4n) is 9.96. The Hall–Kier alpha value is -8.46. The highest BCUT2D eigenvalue weighted by molar-refractivity contribution is 5.98. The molecule has 0 heterocycles. The van der Waals surface area contributed by atoms with Crippen LogP contribution in [-0.2, 0) is 0 Å². The van der Waals surface area contributed by atoms with Crippen LogP contribution in [0.2, 0.25) is 0 Å². The number of anilines is 5. The van der Waals surface area contributed by atoms with Gasteiger partial charge in [0.05, 0.1) is 0 Å². The molecule has 2 nitrogen and oxygen atoms in total. The Kier molecular flexibility index (Phi) is 10.0. The van der Waals surface area contributed by atoms with Crippen LogP contribution in [0.5, 0.6) is 0 Å². The van der Waals surface area contributed by atoms with Gasteiger partial charge in [-0.3, -0.25) is 0 Å². The molecule has 2 aliphatic carbocycles. The first-order chi connectivity index (χ1) is 32.7. The molecule has 0 bridgehead atoms. The molecular weight excluding hydrogens is 797 g/mol. The van der Waals surface area contributed by atoms with Crippen molar-refractivity contribution in [3.05, 3.63) is 273 Å². The van der Waals surface area contributed by atoms with Gasteiger partial charge < -0.3 is 9.80 Å². The molecule has 0 spiro atoms. The van der Waals surface area contributed by atoms with Gasteiger partial charge >= 0.3 is 0 Å². The van der Waals surface area contributed by atoms with Crippen molar-refractivity contribution in [2.75, 3.05) is 9.80 Å². The highest BCUT2D eigenvalue weighted by Gasteiger charge is 2.23. The van der Waals surface area contributed by atoms with Gasteiger partial charge in [0, 0.05) is 46.0 Å². The second-order valence-electron chi connectivity index (χ2n) is 17.3. The van der Waals surface area contributed by atoms with E-state index in [0.717, 1.165) is 28.4 Å². The van der Waals surface area contributed by atoms with E-state index in [9.17, 15) is 0 Å². The molecule has 0 aromatic heterocycles. The van der Waals surface area contributed by atoms with Gasteiger partial charge in [-0.15, -0.1) is 0 Å². The summed E-state index contributed by atoms with van der Waals surface area (Å²) in [6, 6.07) is 81.8. The van der Waals surface area contributed by atoms with E-state index >= 15 is 0 Å². The maximum absolute atomic E-state index is 2.41. The maximum Gasteiger partial charge on any atom is 0.0468 e. The van der Waals surface area contributed by atoms with E-state index in [1.807, 2.05) is 0 Å². The fraction of sp³-hybridized carbons (Fsp3) is 0.0312. The van der Waals surface area contributed by atoms with Crippen LogP contribution in [0.15, 0.2) is 273 Å². The number of hydrogen-bond acceptors (Lipinski definition) is 2. The van der Waals surface area contributed by atoms with Crippen molar-refractivity contribution >= 4 is 60.8 Å². The summed E-state index contributed by atoms with van der Waals surface area (Å²) in [4.78, 5) is 4.76. The second kappa shape index (κ2) is 16.9. The number of nitrogens with zero attached hydrogens (tertiary/aromatic N) is 2. The van der Waals surface area contributed by atoms with E-state index in [2.05, 4.69) is 277 Å². The molecule has 0 saturated carbocycles. The molecule has 0 amide bonds. The van der Waals surface area contributed by atoms with E-state index in [4.69, 9.17) is 0 Å². The Balaban J connectivity index is 0.872. The van der Waals surface area contributed by atoms with Gasteiger partial charge in [0.2, 0.25) is 0 Å². The van der Waals surface area contributed by atoms with E-state index in [1.165, 1.54) is 71.4 Å². The second-order valence-corrected chi connectivity index (χ2v) is 17.3. The third kappa shape index (κ3) is 7.39. The first-order valence-electron chi connectivity index (χ1n) is 22.9. The molecule has 312 valence electrons. The predicted molar refractivity (Wildman–Crippen MR) is 281 cm³/mol. The SMILES string of the molecule is C1=CC2C=CC(N(c3ccc(-c4ccc(N(c5ccc(-c6cccc7ccccc67)cc5)c5ccc6ccccc6c5)cc4)cc3)c3ccc(-c4cccc5ccccc45)cc3)=CC2C=C1. The largest absolute Gasteiger partial charge is 0.311 e. The molecule has 10 aromatic rings. The third-order valence-corrected chi connectivity index (χ3v) is 13.4. The van der Waals surface area contributed by atoms with Crippen LogP contribution >= 0.6 is 0 Å². The quantitative estimate of drug-likeness (QED) is 0.143. The molecule has 2 heteroatoms. The topological polar surface area (TPSA) is 6.48 Å². The first-order valence-corrected chi connectivity index (χ1v) is 22.9. The molecule has 2 atom stereocenters. The van der Waals surface area contributed by atoms with Gasteiger partial charge in [-0.2, -0.15) is 0 Å². The van der Waals surface area contributed by atoms with Crippen molar-refractivity contribution < 1.29 is 0 Å². The summed E-state index contributed by atoms with van der Waals surface area (Å²) in [5.74, 6) is 0.702. The van der Waals surface area contributed by atoms with Crippen molar-refractivity contribution in [3.63, 3.8) is 0 Å². The minimum absolute atomic E-state index is 0.321. The Labute approximate surface area is 386 Å². The van der Waals surface area contributed by atoms with Crippen LogP contribution in [0.25, 0.3) is 65.7 Å². The minimum atomic E-state index is 0.321. The van der Waals surface area contributed by atoms with Crippen LogP contribution in [0.4, 0.5) is 28.4 Å². The van der Waals surface area contributed by atoms with Gasteiger partial charge in [0.25, 0.3) is 0 Å². The van der Waals surface area contributed by atoms with E-state index in [0.29, 0.717) is 11.8 Å². The molecule has 0 aliphatic heterocycles. The number of allylic oxidation sites excluding steroid dienone is 7. The molecule has 66 heavy (non-hydrogen) atoms. The summed E-state index contributed by atoms with van der Waals surface area (Å²) in [5, 5.41) is 7.47. The molecule has 0 saturated heterocycles. The van der Waals surface area contributed by atoms with E-state index in [-0.39, 0.29) is 0 Å². The summed E-state index contributed by atoms with van der Waals surface area (Å²) in [6.45, 7) is 0. The normalized spacial score (nSPS) is 15.2. The number of hydrogen-bond donors (Lipinski definition) is 0. The van der Waals surface area contributed by atoms with Crippen molar-refractivity contribution in [2.24, 2.45) is 11.8 Å². The first kappa shape index (κ1) is 39.2. The Morgan fingerprint density at radius 1 is 0.288 bits per heavy atom. The van der Waals surface area contributed by atoms with Crippen molar-refractivity contribution in [2.45, 2.75) is 0 Å². The number of rotatable bonds is 9. The highest BCUT2D eigenvalue weighted by atomic mass is 15.1. The van der Waals surface area contributed by atoms with Gasteiger partial charge in [-0.25, -0.2) is 0 Å². The molecule has 0 fully saturated rings. The number of fused-ring (bicyclic) bond motifs is 4. The lowest BCUT2D eigenvalue weighted by atomic mass is 9.84. The van der Waals surface area contributed by atoms with Gasteiger partial charge in [0.15, 0.2) is 0 Å². The lowest BCUT2D eigenvalue weighted by molar-refractivity contribution is 0.652. The monoisotopic (exact) mass is 842 g/mol. The average Bonchev–Trinajstić information content (AvgIpc) is 3.39. The zero-order chi connectivity index (χ0) is 43.8. The summed E-state index contributed by atoms with van der Waals surface area (Å²) in [5.41, 5.74) is 14.0. The molecule has 2 aliphatic rings. The predicted octanol–water partition coefficient (Wildman–Crippen LogP) is 17.6. The Bertz CT molecular complexity index is 3510. The molecule has 0 N–H and O–H groups in total. The number of benzene rings is 10. The zero-order valence-corrected chi connectivity index (χ0v) is 36.5. The summed E-state index contributed by atoms with van der Waals surface area (Å²) in [7, 11) is 0.